The third-order valence-electron chi connectivity index (χ3n) is 4.43. The molecule has 2 atom stereocenters. The molecule has 2 fully saturated rings. The molecular formula is C14H15FO. The van der Waals surface area contributed by atoms with Crippen molar-refractivity contribution < 1.29 is 9.18 Å². The Bertz CT molecular complexity index is 424. The highest BCUT2D eigenvalue weighted by Crippen LogP contribution is 2.63. The molecule has 0 amide bonds. The lowest BCUT2D eigenvalue weighted by Gasteiger charge is -2.35. The number of hydrogen-bond donors (Lipinski definition) is 0. The second-order valence-electron chi connectivity index (χ2n) is 5.09. The molecule has 16 heavy (non-hydrogen) atoms. The van der Waals surface area contributed by atoms with E-state index in [2.05, 4.69) is 0 Å². The van der Waals surface area contributed by atoms with E-state index in [-0.39, 0.29) is 17.2 Å². The fourth-order valence-electron chi connectivity index (χ4n) is 3.24. The summed E-state index contributed by atoms with van der Waals surface area (Å²) in [6.45, 7) is 0. The van der Waals surface area contributed by atoms with Crippen LogP contribution in [-0.4, -0.2) is 6.29 Å². The lowest BCUT2D eigenvalue weighted by atomic mass is 9.69. The summed E-state index contributed by atoms with van der Waals surface area (Å²) in [6, 6.07) is 6.96. The van der Waals surface area contributed by atoms with Gasteiger partial charge in [-0.25, -0.2) is 4.39 Å². The number of hydrogen-bond acceptors (Lipinski definition) is 1. The Kier molecular flexibility index (Phi) is 2.13. The highest BCUT2D eigenvalue weighted by atomic mass is 19.1. The largest absolute Gasteiger partial charge is 0.303 e. The zero-order chi connectivity index (χ0) is 11.2. The quantitative estimate of drug-likeness (QED) is 0.712. The fraction of sp³-hybridized carbons (Fsp3) is 0.500. The molecular weight excluding hydrogens is 203 g/mol. The maximum atomic E-state index is 13.8. The summed E-state index contributed by atoms with van der Waals surface area (Å²) in [4.78, 5) is 11.0. The van der Waals surface area contributed by atoms with E-state index in [1.165, 1.54) is 12.5 Å². The van der Waals surface area contributed by atoms with Crippen LogP contribution in [0, 0.1) is 17.7 Å². The maximum Gasteiger partial charge on any atom is 0.126 e. The number of carbonyl (C=O) groups is 1. The summed E-state index contributed by atoms with van der Waals surface area (Å²) in [5.74, 6) is 0.438. The average molecular weight is 218 g/mol. The first-order valence-electron chi connectivity index (χ1n) is 5.99. The Morgan fingerprint density at radius 2 is 2.06 bits per heavy atom. The van der Waals surface area contributed by atoms with Gasteiger partial charge in [0.25, 0.3) is 0 Å². The molecule has 0 aliphatic heterocycles. The van der Waals surface area contributed by atoms with Gasteiger partial charge >= 0.3 is 0 Å². The molecule has 2 aliphatic carbocycles. The van der Waals surface area contributed by atoms with Crippen molar-refractivity contribution in [2.45, 2.75) is 31.1 Å². The Morgan fingerprint density at radius 1 is 1.31 bits per heavy atom. The van der Waals surface area contributed by atoms with E-state index in [4.69, 9.17) is 0 Å². The normalized spacial score (nSPS) is 33.2. The topological polar surface area (TPSA) is 17.1 Å². The monoisotopic (exact) mass is 218 g/mol. The van der Waals surface area contributed by atoms with Crippen LogP contribution in [0.3, 0.4) is 0 Å². The van der Waals surface area contributed by atoms with Crippen molar-refractivity contribution in [3.63, 3.8) is 0 Å². The third kappa shape index (κ3) is 1.19. The zero-order valence-corrected chi connectivity index (χ0v) is 9.16. The Morgan fingerprint density at radius 3 is 2.56 bits per heavy atom. The van der Waals surface area contributed by atoms with E-state index in [0.717, 1.165) is 31.1 Å². The first kappa shape index (κ1) is 10.0. The van der Waals surface area contributed by atoms with Gasteiger partial charge in [-0.05, 0) is 36.8 Å². The molecule has 0 radical (unpaired) electrons. The van der Waals surface area contributed by atoms with Crippen molar-refractivity contribution in [2.24, 2.45) is 11.8 Å². The minimum atomic E-state index is -0.147. The van der Waals surface area contributed by atoms with Crippen LogP contribution in [0.2, 0.25) is 0 Å². The number of benzene rings is 1. The van der Waals surface area contributed by atoms with Crippen LogP contribution in [0.25, 0.3) is 0 Å². The lowest BCUT2D eigenvalue weighted by molar-refractivity contribution is -0.109. The van der Waals surface area contributed by atoms with E-state index in [1.807, 2.05) is 12.1 Å². The van der Waals surface area contributed by atoms with E-state index in [9.17, 15) is 9.18 Å². The zero-order valence-electron chi connectivity index (χ0n) is 9.16. The lowest BCUT2D eigenvalue weighted by Crippen LogP contribution is -2.30. The van der Waals surface area contributed by atoms with Crippen LogP contribution in [-0.2, 0) is 10.2 Å². The molecule has 0 saturated heterocycles. The molecule has 0 aromatic heterocycles. The molecule has 2 heteroatoms. The van der Waals surface area contributed by atoms with Crippen LogP contribution in [0.15, 0.2) is 24.3 Å². The van der Waals surface area contributed by atoms with Crippen LogP contribution >= 0.6 is 0 Å². The Balaban J connectivity index is 2.01. The molecule has 2 unspecified atom stereocenters. The minimum absolute atomic E-state index is 0.0506. The summed E-state index contributed by atoms with van der Waals surface area (Å²) in [5.41, 5.74) is 0.627. The molecule has 0 bridgehead atoms. The standard InChI is InChI=1S/C14H15FO/c15-13-7-2-1-6-12(13)14(8-11(14)9-16)10-4-3-5-10/h1-2,6-7,9-11H,3-5,8H2. The fourth-order valence-corrected chi connectivity index (χ4v) is 3.24. The summed E-state index contributed by atoms with van der Waals surface area (Å²) < 4.78 is 13.8. The molecule has 84 valence electrons. The predicted octanol–water partition coefficient (Wildman–Crippen LogP) is 3.08. The van der Waals surface area contributed by atoms with Crippen molar-refractivity contribution in [2.75, 3.05) is 0 Å². The summed E-state index contributed by atoms with van der Waals surface area (Å²) in [6.07, 6.45) is 5.40. The third-order valence-corrected chi connectivity index (χ3v) is 4.43. The first-order valence-corrected chi connectivity index (χ1v) is 5.99. The van der Waals surface area contributed by atoms with Gasteiger partial charge in [0.2, 0.25) is 0 Å². The molecule has 0 heterocycles. The number of aldehydes is 1. The maximum absolute atomic E-state index is 13.8. The molecule has 1 aromatic rings. The number of halogens is 1. The van der Waals surface area contributed by atoms with Crippen LogP contribution in [0.1, 0.15) is 31.2 Å². The molecule has 2 saturated carbocycles. The summed E-state index contributed by atoms with van der Waals surface area (Å²) >= 11 is 0. The second kappa shape index (κ2) is 3.41. The first-order chi connectivity index (χ1) is 7.79. The van der Waals surface area contributed by atoms with Gasteiger partial charge in [0.05, 0.1) is 0 Å². The number of rotatable bonds is 3. The van der Waals surface area contributed by atoms with Crippen molar-refractivity contribution in [3.05, 3.63) is 35.6 Å². The highest BCUT2D eigenvalue weighted by Gasteiger charge is 2.61. The molecule has 0 spiro atoms. The summed E-state index contributed by atoms with van der Waals surface area (Å²) in [5, 5.41) is 0. The average Bonchev–Trinajstić information content (AvgIpc) is 2.91. The molecule has 0 N–H and O–H groups in total. The molecule has 1 aromatic carbocycles. The van der Waals surface area contributed by atoms with Gasteiger partial charge in [0.1, 0.15) is 12.1 Å². The van der Waals surface area contributed by atoms with Crippen molar-refractivity contribution in [1.82, 2.24) is 0 Å². The van der Waals surface area contributed by atoms with Crippen molar-refractivity contribution in [3.8, 4) is 0 Å². The van der Waals surface area contributed by atoms with Crippen LogP contribution in [0.4, 0.5) is 4.39 Å². The van der Waals surface area contributed by atoms with E-state index in [0.29, 0.717) is 5.92 Å². The van der Waals surface area contributed by atoms with Crippen LogP contribution in [0.5, 0.6) is 0 Å². The van der Waals surface area contributed by atoms with Gasteiger partial charge in [-0.15, -0.1) is 0 Å². The van der Waals surface area contributed by atoms with Crippen molar-refractivity contribution in [1.29, 1.82) is 0 Å². The Labute approximate surface area is 94.7 Å². The van der Waals surface area contributed by atoms with Gasteiger partial charge in [-0.1, -0.05) is 24.6 Å². The van der Waals surface area contributed by atoms with E-state index in [1.54, 1.807) is 6.07 Å². The van der Waals surface area contributed by atoms with Crippen molar-refractivity contribution >= 4 is 6.29 Å². The molecule has 3 rings (SSSR count). The van der Waals surface area contributed by atoms with Gasteiger partial charge in [-0.2, -0.15) is 0 Å². The van der Waals surface area contributed by atoms with Gasteiger partial charge in [-0.3, -0.25) is 0 Å². The SMILES string of the molecule is O=CC1CC1(c1ccccc1F)C1CCC1. The predicted molar refractivity (Wildman–Crippen MR) is 59.6 cm³/mol. The van der Waals surface area contributed by atoms with Gasteiger partial charge in [0.15, 0.2) is 0 Å². The van der Waals surface area contributed by atoms with Crippen LogP contribution < -0.4 is 0 Å². The molecule has 2 aliphatic rings. The van der Waals surface area contributed by atoms with E-state index < -0.39 is 0 Å². The van der Waals surface area contributed by atoms with Gasteiger partial charge < -0.3 is 4.79 Å². The second-order valence-corrected chi connectivity index (χ2v) is 5.09. The van der Waals surface area contributed by atoms with Gasteiger partial charge in [0, 0.05) is 11.3 Å². The minimum Gasteiger partial charge on any atom is -0.303 e. The smallest absolute Gasteiger partial charge is 0.126 e. The number of carbonyl (C=O) groups excluding carboxylic acids is 1. The van der Waals surface area contributed by atoms with E-state index >= 15 is 0 Å². The Hall–Kier alpha value is -1.18. The highest BCUT2D eigenvalue weighted by molar-refractivity contribution is 5.65. The summed E-state index contributed by atoms with van der Waals surface area (Å²) in [7, 11) is 0. The molecule has 1 nitrogen and oxygen atoms in total.